The highest BCUT2D eigenvalue weighted by Crippen LogP contribution is 2.32. The van der Waals surface area contributed by atoms with Crippen LogP contribution in [-0.2, 0) is 11.2 Å². The van der Waals surface area contributed by atoms with Gasteiger partial charge in [-0.3, -0.25) is 9.59 Å². The Morgan fingerprint density at radius 2 is 2.04 bits per heavy atom. The first-order chi connectivity index (χ1) is 12.0. The van der Waals surface area contributed by atoms with Crippen molar-refractivity contribution in [3.63, 3.8) is 0 Å². The van der Waals surface area contributed by atoms with E-state index in [9.17, 15) is 14.0 Å². The molecule has 2 aromatic carbocycles. The zero-order chi connectivity index (χ0) is 17.8. The van der Waals surface area contributed by atoms with E-state index in [1.807, 2.05) is 6.07 Å². The number of fused-ring (bicyclic) bond motifs is 1. The third-order valence-electron chi connectivity index (χ3n) is 4.27. The lowest BCUT2D eigenvalue weighted by Gasteiger charge is -2.14. The molecule has 1 aliphatic rings. The van der Waals surface area contributed by atoms with Crippen LogP contribution in [0.4, 0.5) is 4.39 Å². The summed E-state index contributed by atoms with van der Waals surface area (Å²) in [5, 5.41) is 2.92. The van der Waals surface area contributed by atoms with Gasteiger partial charge in [0, 0.05) is 5.56 Å². The number of primary amides is 1. The Hall–Kier alpha value is -2.89. The van der Waals surface area contributed by atoms with Crippen LogP contribution in [0.15, 0.2) is 42.5 Å². The number of amides is 2. The number of hydrogen-bond acceptors (Lipinski definition) is 3. The molecule has 0 radical (unpaired) electrons. The van der Waals surface area contributed by atoms with Gasteiger partial charge in [0.25, 0.3) is 0 Å². The molecule has 3 rings (SSSR count). The van der Waals surface area contributed by atoms with Crippen LogP contribution in [-0.4, -0.2) is 18.4 Å². The summed E-state index contributed by atoms with van der Waals surface area (Å²) in [6.45, 7) is 0.177. The van der Waals surface area contributed by atoms with E-state index in [1.165, 1.54) is 12.1 Å². The molecule has 0 aliphatic heterocycles. The van der Waals surface area contributed by atoms with Gasteiger partial charge in [-0.25, -0.2) is 4.39 Å². The molecular weight excluding hydrogens is 323 g/mol. The molecule has 0 bridgehead atoms. The second-order valence-electron chi connectivity index (χ2n) is 5.96. The number of halogens is 1. The lowest BCUT2D eigenvalue weighted by atomic mass is 10.1. The van der Waals surface area contributed by atoms with Crippen LogP contribution in [0, 0.1) is 5.82 Å². The number of carbonyl (C=O) groups is 2. The van der Waals surface area contributed by atoms with Gasteiger partial charge in [-0.1, -0.05) is 18.2 Å². The summed E-state index contributed by atoms with van der Waals surface area (Å²) in [7, 11) is 0. The Morgan fingerprint density at radius 3 is 2.84 bits per heavy atom. The van der Waals surface area contributed by atoms with Crippen LogP contribution in [0.1, 0.15) is 40.4 Å². The van der Waals surface area contributed by atoms with Crippen LogP contribution in [0.3, 0.4) is 0 Å². The van der Waals surface area contributed by atoms with Gasteiger partial charge in [-0.2, -0.15) is 0 Å². The fraction of sp³-hybridized carbons (Fsp3) is 0.263. The van der Waals surface area contributed by atoms with Gasteiger partial charge in [0.1, 0.15) is 11.6 Å². The van der Waals surface area contributed by atoms with Gasteiger partial charge in [-0.15, -0.1) is 0 Å². The highest BCUT2D eigenvalue weighted by atomic mass is 19.1. The maximum atomic E-state index is 13.7. The second-order valence-corrected chi connectivity index (χ2v) is 5.96. The summed E-state index contributed by atoms with van der Waals surface area (Å²) in [4.78, 5) is 23.2. The zero-order valence-electron chi connectivity index (χ0n) is 13.6. The molecule has 0 saturated carbocycles. The fourth-order valence-corrected chi connectivity index (χ4v) is 3.03. The Labute approximate surface area is 145 Å². The minimum Gasteiger partial charge on any atom is -0.493 e. The number of carbonyl (C=O) groups excluding carboxylic acids is 2. The number of nitrogens with two attached hydrogens (primary N) is 1. The maximum Gasteiger partial charge on any atom is 0.248 e. The molecule has 0 fully saturated rings. The van der Waals surface area contributed by atoms with Crippen molar-refractivity contribution in [3.05, 3.63) is 65.0 Å². The highest BCUT2D eigenvalue weighted by Gasteiger charge is 2.25. The second kappa shape index (κ2) is 7.34. The summed E-state index contributed by atoms with van der Waals surface area (Å²) >= 11 is 0. The minimum atomic E-state index is -0.532. The van der Waals surface area contributed by atoms with Crippen molar-refractivity contribution in [2.24, 2.45) is 5.73 Å². The Kier molecular flexibility index (Phi) is 4.97. The van der Waals surface area contributed by atoms with Crippen LogP contribution in [0.25, 0.3) is 0 Å². The maximum absolute atomic E-state index is 13.7. The van der Waals surface area contributed by atoms with Crippen LogP contribution in [0.2, 0.25) is 0 Å². The lowest BCUT2D eigenvalue weighted by molar-refractivity contribution is -0.122. The molecule has 0 spiro atoms. The summed E-state index contributed by atoms with van der Waals surface area (Å²) in [5.41, 5.74) is 7.11. The van der Waals surface area contributed by atoms with E-state index >= 15 is 0 Å². The van der Waals surface area contributed by atoms with Crippen LogP contribution < -0.4 is 15.8 Å². The first-order valence-electron chi connectivity index (χ1n) is 8.14. The number of benzene rings is 2. The van der Waals surface area contributed by atoms with E-state index in [0.29, 0.717) is 29.7 Å². The molecule has 2 aromatic rings. The van der Waals surface area contributed by atoms with Crippen molar-refractivity contribution in [2.75, 3.05) is 6.61 Å². The van der Waals surface area contributed by atoms with E-state index in [1.54, 1.807) is 24.3 Å². The molecule has 25 heavy (non-hydrogen) atoms. The van der Waals surface area contributed by atoms with Crippen molar-refractivity contribution >= 4 is 11.8 Å². The van der Waals surface area contributed by atoms with Crippen molar-refractivity contribution in [2.45, 2.75) is 25.3 Å². The highest BCUT2D eigenvalue weighted by molar-refractivity contribution is 5.93. The zero-order valence-corrected chi connectivity index (χ0v) is 13.6. The molecule has 1 atom stereocenters. The predicted molar refractivity (Wildman–Crippen MR) is 90.7 cm³/mol. The van der Waals surface area contributed by atoms with E-state index in [0.717, 1.165) is 5.56 Å². The van der Waals surface area contributed by atoms with Crippen LogP contribution >= 0.6 is 0 Å². The normalized spacial score (nSPS) is 15.5. The average molecular weight is 342 g/mol. The van der Waals surface area contributed by atoms with Gasteiger partial charge >= 0.3 is 0 Å². The number of ether oxygens (including phenoxy) is 1. The molecule has 5 nitrogen and oxygen atoms in total. The Balaban J connectivity index is 1.51. The van der Waals surface area contributed by atoms with E-state index in [-0.39, 0.29) is 30.8 Å². The molecular formula is C19H19FN2O3. The third kappa shape index (κ3) is 3.96. The number of rotatable bonds is 6. The van der Waals surface area contributed by atoms with Crippen molar-refractivity contribution in [1.29, 1.82) is 0 Å². The molecule has 2 amide bonds. The molecule has 3 N–H and O–H groups in total. The quantitative estimate of drug-likeness (QED) is 0.846. The van der Waals surface area contributed by atoms with Gasteiger partial charge in [-0.05, 0) is 48.2 Å². The monoisotopic (exact) mass is 342 g/mol. The Bertz CT molecular complexity index is 807. The smallest absolute Gasteiger partial charge is 0.248 e. The molecule has 0 heterocycles. The summed E-state index contributed by atoms with van der Waals surface area (Å²) in [6, 6.07) is 11.3. The van der Waals surface area contributed by atoms with E-state index < -0.39 is 5.91 Å². The molecule has 6 heteroatoms. The van der Waals surface area contributed by atoms with E-state index in [4.69, 9.17) is 10.5 Å². The standard InChI is InChI=1S/C19H19FN2O3/c20-16-6-2-5-15-14(16)7-8-17(15)22-18(23)9-10-25-13-4-1-3-12(11-13)19(21)24/h1-6,11,17H,7-10H2,(H2,21,24)(H,22,23). The minimum absolute atomic E-state index is 0.156. The Morgan fingerprint density at radius 1 is 1.24 bits per heavy atom. The lowest BCUT2D eigenvalue weighted by Crippen LogP contribution is -2.28. The van der Waals surface area contributed by atoms with Gasteiger partial charge in [0.15, 0.2) is 0 Å². The molecule has 1 aliphatic carbocycles. The van der Waals surface area contributed by atoms with Crippen LogP contribution in [0.5, 0.6) is 5.75 Å². The first-order valence-corrected chi connectivity index (χ1v) is 8.14. The summed E-state index contributed by atoms with van der Waals surface area (Å²) in [5.74, 6) is -0.423. The predicted octanol–water partition coefficient (Wildman–Crippen LogP) is 2.50. The SMILES string of the molecule is NC(=O)c1cccc(OCCC(=O)NC2CCc3c(F)cccc32)c1. The summed E-state index contributed by atoms with van der Waals surface area (Å²) in [6.07, 6.45) is 1.49. The average Bonchev–Trinajstić information content (AvgIpc) is 2.99. The van der Waals surface area contributed by atoms with Crippen molar-refractivity contribution in [3.8, 4) is 5.75 Å². The summed E-state index contributed by atoms with van der Waals surface area (Å²) < 4.78 is 19.2. The number of nitrogens with one attached hydrogen (secondary N) is 1. The van der Waals surface area contributed by atoms with Gasteiger partial charge < -0.3 is 15.8 Å². The van der Waals surface area contributed by atoms with Crippen molar-refractivity contribution < 1.29 is 18.7 Å². The van der Waals surface area contributed by atoms with E-state index in [2.05, 4.69) is 5.32 Å². The fourth-order valence-electron chi connectivity index (χ4n) is 3.03. The molecule has 1 unspecified atom stereocenters. The molecule has 0 aromatic heterocycles. The van der Waals surface area contributed by atoms with Gasteiger partial charge in [0.05, 0.1) is 19.1 Å². The topological polar surface area (TPSA) is 81.4 Å². The first kappa shape index (κ1) is 17.0. The largest absolute Gasteiger partial charge is 0.493 e. The van der Waals surface area contributed by atoms with Gasteiger partial charge in [0.2, 0.25) is 11.8 Å². The molecule has 130 valence electrons. The third-order valence-corrected chi connectivity index (χ3v) is 4.27. The number of hydrogen-bond donors (Lipinski definition) is 2. The van der Waals surface area contributed by atoms with Crippen molar-refractivity contribution in [1.82, 2.24) is 5.32 Å². The molecule has 0 saturated heterocycles.